The molecule has 0 spiro atoms. The van der Waals surface area contributed by atoms with Crippen LogP contribution in [0.15, 0.2) is 22.8 Å². The van der Waals surface area contributed by atoms with Gasteiger partial charge in [-0.1, -0.05) is 24.0 Å². The molecule has 1 aliphatic rings. The van der Waals surface area contributed by atoms with E-state index in [9.17, 15) is 0 Å². The number of allylic oxidation sites excluding steroid dienone is 4. The molecule has 0 fully saturated rings. The summed E-state index contributed by atoms with van der Waals surface area (Å²) >= 11 is 0. The molecule has 0 saturated carbocycles. The van der Waals surface area contributed by atoms with Crippen molar-refractivity contribution in [3.63, 3.8) is 0 Å². The van der Waals surface area contributed by atoms with Gasteiger partial charge in [0.1, 0.15) is 0 Å². The summed E-state index contributed by atoms with van der Waals surface area (Å²) in [4.78, 5) is 0. The predicted octanol–water partition coefficient (Wildman–Crippen LogP) is 2.92. The Labute approximate surface area is 69.0 Å². The Morgan fingerprint density at radius 3 is 2.73 bits per heavy atom. The van der Waals surface area contributed by atoms with Crippen LogP contribution in [0.1, 0.15) is 27.2 Å². The zero-order valence-corrected chi connectivity index (χ0v) is 7.44. The fourth-order valence-electron chi connectivity index (χ4n) is 1.41. The van der Waals surface area contributed by atoms with Gasteiger partial charge in [0.15, 0.2) is 0 Å². The van der Waals surface area contributed by atoms with Gasteiger partial charge in [0.2, 0.25) is 0 Å². The van der Waals surface area contributed by atoms with E-state index in [4.69, 9.17) is 6.42 Å². The van der Waals surface area contributed by atoms with Crippen LogP contribution in [0.3, 0.4) is 0 Å². The van der Waals surface area contributed by atoms with Gasteiger partial charge in [-0.15, -0.1) is 6.42 Å². The topological polar surface area (TPSA) is 0 Å². The van der Waals surface area contributed by atoms with Crippen LogP contribution in [-0.4, -0.2) is 0 Å². The Kier molecular flexibility index (Phi) is 2.19. The quantitative estimate of drug-likeness (QED) is 0.461. The molecule has 11 heavy (non-hydrogen) atoms. The van der Waals surface area contributed by atoms with Crippen molar-refractivity contribution in [2.24, 2.45) is 5.92 Å². The summed E-state index contributed by atoms with van der Waals surface area (Å²) in [6.45, 7) is 6.48. The van der Waals surface area contributed by atoms with E-state index < -0.39 is 0 Å². The van der Waals surface area contributed by atoms with Gasteiger partial charge >= 0.3 is 0 Å². The molecule has 0 aromatic heterocycles. The van der Waals surface area contributed by atoms with Gasteiger partial charge in [-0.05, 0) is 32.3 Å². The van der Waals surface area contributed by atoms with Crippen molar-refractivity contribution < 1.29 is 0 Å². The van der Waals surface area contributed by atoms with E-state index in [0.717, 1.165) is 12.0 Å². The monoisotopic (exact) mass is 146 g/mol. The smallest absolute Gasteiger partial charge is 0.00516 e. The Bertz CT molecular complexity index is 258. The van der Waals surface area contributed by atoms with E-state index in [1.165, 1.54) is 11.1 Å². The maximum Gasteiger partial charge on any atom is 0.00516 e. The highest BCUT2D eigenvalue weighted by Gasteiger charge is 2.13. The highest BCUT2D eigenvalue weighted by Crippen LogP contribution is 2.27. The van der Waals surface area contributed by atoms with Gasteiger partial charge in [0.25, 0.3) is 0 Å². The van der Waals surface area contributed by atoms with E-state index >= 15 is 0 Å². The standard InChI is InChI=1S/C11H14/c1-5-11-7-9(3)8(2)6-10(11)4/h1,7,10H,6H2,2-4H3. The first-order valence-corrected chi connectivity index (χ1v) is 3.99. The van der Waals surface area contributed by atoms with Crippen molar-refractivity contribution in [2.75, 3.05) is 0 Å². The summed E-state index contributed by atoms with van der Waals surface area (Å²) in [7, 11) is 0. The molecule has 0 saturated heterocycles. The van der Waals surface area contributed by atoms with E-state index in [1.54, 1.807) is 0 Å². The predicted molar refractivity (Wildman–Crippen MR) is 49.1 cm³/mol. The lowest BCUT2D eigenvalue weighted by Crippen LogP contribution is -2.04. The van der Waals surface area contributed by atoms with Gasteiger partial charge in [0, 0.05) is 5.57 Å². The van der Waals surface area contributed by atoms with E-state index in [0.29, 0.717) is 5.92 Å². The molecule has 1 atom stereocenters. The molecule has 58 valence electrons. The van der Waals surface area contributed by atoms with Crippen molar-refractivity contribution >= 4 is 0 Å². The maximum absolute atomic E-state index is 5.36. The molecule has 0 heteroatoms. The van der Waals surface area contributed by atoms with Crippen LogP contribution in [0.25, 0.3) is 0 Å². The van der Waals surface area contributed by atoms with Crippen LogP contribution >= 0.6 is 0 Å². The fourth-order valence-corrected chi connectivity index (χ4v) is 1.41. The highest BCUT2D eigenvalue weighted by atomic mass is 14.2. The Balaban J connectivity index is 2.98. The van der Waals surface area contributed by atoms with E-state index in [-0.39, 0.29) is 0 Å². The van der Waals surface area contributed by atoms with Gasteiger partial charge < -0.3 is 0 Å². The van der Waals surface area contributed by atoms with Crippen LogP contribution < -0.4 is 0 Å². The second-order valence-corrected chi connectivity index (χ2v) is 3.31. The molecule has 0 radical (unpaired) electrons. The van der Waals surface area contributed by atoms with Gasteiger partial charge in [-0.3, -0.25) is 0 Å². The van der Waals surface area contributed by atoms with Crippen molar-refractivity contribution in [1.29, 1.82) is 0 Å². The van der Waals surface area contributed by atoms with Crippen LogP contribution in [0, 0.1) is 18.3 Å². The third-order valence-electron chi connectivity index (χ3n) is 2.36. The SMILES string of the molecule is C#CC1=CC(C)=C(C)CC1C. The molecule has 1 aliphatic carbocycles. The maximum atomic E-state index is 5.36. The molecular weight excluding hydrogens is 132 g/mol. The van der Waals surface area contributed by atoms with Gasteiger partial charge in [-0.2, -0.15) is 0 Å². The van der Waals surface area contributed by atoms with Crippen molar-refractivity contribution in [3.05, 3.63) is 22.8 Å². The molecule has 0 aromatic carbocycles. The molecule has 0 N–H and O–H groups in total. The molecule has 0 nitrogen and oxygen atoms in total. The Morgan fingerprint density at radius 2 is 2.18 bits per heavy atom. The largest absolute Gasteiger partial charge is 0.115 e. The first-order chi connectivity index (χ1) is 5.15. The van der Waals surface area contributed by atoms with Crippen molar-refractivity contribution in [2.45, 2.75) is 27.2 Å². The molecule has 0 aromatic rings. The molecule has 0 amide bonds. The summed E-state index contributed by atoms with van der Waals surface area (Å²) in [5, 5.41) is 0. The van der Waals surface area contributed by atoms with E-state index in [1.807, 2.05) is 0 Å². The summed E-state index contributed by atoms with van der Waals surface area (Å²) in [6.07, 6.45) is 8.62. The minimum Gasteiger partial charge on any atom is -0.115 e. The first kappa shape index (κ1) is 8.14. The molecular formula is C11H14. The molecule has 0 aliphatic heterocycles. The zero-order valence-electron chi connectivity index (χ0n) is 7.44. The summed E-state index contributed by atoms with van der Waals surface area (Å²) in [6, 6.07) is 0. The van der Waals surface area contributed by atoms with Gasteiger partial charge in [-0.25, -0.2) is 0 Å². The van der Waals surface area contributed by atoms with Crippen molar-refractivity contribution in [3.8, 4) is 12.3 Å². The van der Waals surface area contributed by atoms with Crippen LogP contribution in [0.2, 0.25) is 0 Å². The third-order valence-corrected chi connectivity index (χ3v) is 2.36. The lowest BCUT2D eigenvalue weighted by atomic mass is 9.86. The molecule has 0 bridgehead atoms. The number of hydrogen-bond donors (Lipinski definition) is 0. The number of rotatable bonds is 0. The minimum atomic E-state index is 0.545. The average molecular weight is 146 g/mol. The summed E-state index contributed by atoms with van der Waals surface area (Å²) in [5.74, 6) is 3.28. The van der Waals surface area contributed by atoms with Crippen LogP contribution in [0.5, 0.6) is 0 Å². The van der Waals surface area contributed by atoms with Gasteiger partial charge in [0.05, 0.1) is 0 Å². The zero-order chi connectivity index (χ0) is 8.43. The number of terminal acetylenes is 1. The summed E-state index contributed by atoms with van der Waals surface area (Å²) < 4.78 is 0. The highest BCUT2D eigenvalue weighted by molar-refractivity contribution is 5.40. The van der Waals surface area contributed by atoms with E-state index in [2.05, 4.69) is 32.8 Å². The minimum absolute atomic E-state index is 0.545. The molecule has 1 unspecified atom stereocenters. The lowest BCUT2D eigenvalue weighted by molar-refractivity contribution is 0.676. The lowest BCUT2D eigenvalue weighted by Gasteiger charge is -2.18. The number of hydrogen-bond acceptors (Lipinski definition) is 0. The second-order valence-electron chi connectivity index (χ2n) is 3.31. The third kappa shape index (κ3) is 1.54. The molecule has 0 heterocycles. The Hall–Kier alpha value is -0.960. The van der Waals surface area contributed by atoms with Crippen LogP contribution in [-0.2, 0) is 0 Å². The average Bonchev–Trinajstić information content (AvgIpc) is 1.97. The summed E-state index contributed by atoms with van der Waals surface area (Å²) in [5.41, 5.74) is 3.96. The normalized spacial score (nSPS) is 24.5. The fraction of sp³-hybridized carbons (Fsp3) is 0.455. The first-order valence-electron chi connectivity index (χ1n) is 3.99. The molecule has 1 rings (SSSR count). The van der Waals surface area contributed by atoms with Crippen LogP contribution in [0.4, 0.5) is 0 Å². The van der Waals surface area contributed by atoms with Crippen molar-refractivity contribution in [1.82, 2.24) is 0 Å². The second kappa shape index (κ2) is 2.96. The Morgan fingerprint density at radius 1 is 1.55 bits per heavy atom.